The first-order chi connectivity index (χ1) is 11.6. The highest BCUT2D eigenvalue weighted by molar-refractivity contribution is 5.55. The van der Waals surface area contributed by atoms with E-state index in [1.54, 1.807) is 18.3 Å². The van der Waals surface area contributed by atoms with Crippen LogP contribution in [0.1, 0.15) is 24.1 Å². The van der Waals surface area contributed by atoms with Crippen LogP contribution in [0.5, 0.6) is 0 Å². The highest BCUT2D eigenvalue weighted by Crippen LogP contribution is 2.28. The Kier molecular flexibility index (Phi) is 5.43. The van der Waals surface area contributed by atoms with Crippen LogP contribution in [-0.2, 0) is 6.54 Å². The molecule has 0 saturated carbocycles. The summed E-state index contributed by atoms with van der Waals surface area (Å²) in [5.41, 5.74) is 3.28. The van der Waals surface area contributed by atoms with Gasteiger partial charge >= 0.3 is 0 Å². The first kappa shape index (κ1) is 16.9. The van der Waals surface area contributed by atoms with Crippen molar-refractivity contribution in [1.29, 1.82) is 0 Å². The van der Waals surface area contributed by atoms with Gasteiger partial charge in [0.1, 0.15) is 5.82 Å². The molecule has 128 valence electrons. The van der Waals surface area contributed by atoms with Crippen molar-refractivity contribution in [1.82, 2.24) is 15.2 Å². The van der Waals surface area contributed by atoms with Gasteiger partial charge in [-0.3, -0.25) is 4.98 Å². The molecule has 3 rings (SSSR count). The van der Waals surface area contributed by atoms with Crippen LogP contribution in [0.25, 0.3) is 0 Å². The topological polar surface area (TPSA) is 31.4 Å². The Hall–Kier alpha value is -1.98. The van der Waals surface area contributed by atoms with Gasteiger partial charge in [-0.25, -0.2) is 4.39 Å². The monoisotopic (exact) mass is 328 g/mol. The van der Waals surface area contributed by atoms with Crippen LogP contribution in [-0.4, -0.2) is 43.1 Å². The predicted octanol–water partition coefficient (Wildman–Crippen LogP) is 2.82. The Balaban J connectivity index is 1.74. The second-order valence-electron chi connectivity index (χ2n) is 6.46. The fraction of sp³-hybridized carbons (Fsp3) is 0.421. The molecule has 1 aromatic heterocycles. The summed E-state index contributed by atoms with van der Waals surface area (Å²) in [6.07, 6.45) is 3.62. The van der Waals surface area contributed by atoms with Crippen LogP contribution >= 0.6 is 0 Å². The molecule has 0 amide bonds. The van der Waals surface area contributed by atoms with Crippen molar-refractivity contribution in [3.05, 3.63) is 59.7 Å². The van der Waals surface area contributed by atoms with E-state index in [0.29, 0.717) is 6.54 Å². The van der Waals surface area contributed by atoms with E-state index >= 15 is 0 Å². The smallest absolute Gasteiger partial charge is 0.123 e. The Morgan fingerprint density at radius 3 is 2.71 bits per heavy atom. The van der Waals surface area contributed by atoms with E-state index in [1.807, 2.05) is 24.4 Å². The lowest BCUT2D eigenvalue weighted by molar-refractivity contribution is 0.312. The van der Waals surface area contributed by atoms with Gasteiger partial charge in [-0.05, 0) is 49.4 Å². The molecule has 0 bridgehead atoms. The standard InChI is InChI=1S/C19H25FN4/c1-15(22-14-16-4-3-7-21-13-16)18-12-17(20)5-6-19(18)24-10-8-23(2)9-11-24/h3-7,12-13,15,22H,8-11,14H2,1-2H3/t15-/m0/s1. The van der Waals surface area contributed by atoms with Crippen molar-refractivity contribution in [3.8, 4) is 0 Å². The maximum Gasteiger partial charge on any atom is 0.123 e. The molecule has 0 unspecified atom stereocenters. The maximum atomic E-state index is 13.8. The number of likely N-dealkylation sites (N-methyl/N-ethyl adjacent to an activating group) is 1. The second kappa shape index (κ2) is 7.73. The van der Waals surface area contributed by atoms with E-state index in [0.717, 1.165) is 43.0 Å². The van der Waals surface area contributed by atoms with Crippen molar-refractivity contribution < 1.29 is 4.39 Å². The molecule has 5 heteroatoms. The number of pyridine rings is 1. The summed E-state index contributed by atoms with van der Waals surface area (Å²) < 4.78 is 13.8. The van der Waals surface area contributed by atoms with Gasteiger partial charge in [0.25, 0.3) is 0 Å². The number of rotatable bonds is 5. The van der Waals surface area contributed by atoms with Crippen LogP contribution in [0.3, 0.4) is 0 Å². The predicted molar refractivity (Wildman–Crippen MR) is 95.6 cm³/mol. The first-order valence-corrected chi connectivity index (χ1v) is 8.48. The molecule has 2 heterocycles. The third-order valence-corrected chi connectivity index (χ3v) is 4.64. The van der Waals surface area contributed by atoms with Gasteiger partial charge in [0.2, 0.25) is 0 Å². The minimum absolute atomic E-state index is 0.0653. The highest BCUT2D eigenvalue weighted by atomic mass is 19.1. The fourth-order valence-electron chi connectivity index (χ4n) is 3.09. The number of aromatic nitrogens is 1. The molecule has 2 aromatic rings. The number of hydrogen-bond donors (Lipinski definition) is 1. The molecular weight excluding hydrogens is 303 g/mol. The van der Waals surface area contributed by atoms with Crippen LogP contribution in [0.15, 0.2) is 42.7 Å². The average molecular weight is 328 g/mol. The number of nitrogens with one attached hydrogen (secondary N) is 1. The number of anilines is 1. The summed E-state index contributed by atoms with van der Waals surface area (Å²) in [6, 6.07) is 9.17. The molecule has 1 atom stereocenters. The van der Waals surface area contributed by atoms with Crippen LogP contribution in [0.4, 0.5) is 10.1 Å². The summed E-state index contributed by atoms with van der Waals surface area (Å²) in [7, 11) is 2.14. The number of halogens is 1. The first-order valence-electron chi connectivity index (χ1n) is 8.48. The Bertz CT molecular complexity index is 654. The molecule has 1 saturated heterocycles. The third kappa shape index (κ3) is 4.10. The SMILES string of the molecule is C[C@H](NCc1cccnc1)c1cc(F)ccc1N1CCN(C)CC1. The van der Waals surface area contributed by atoms with Gasteiger partial charge < -0.3 is 15.1 Å². The second-order valence-corrected chi connectivity index (χ2v) is 6.46. The minimum atomic E-state index is -0.182. The minimum Gasteiger partial charge on any atom is -0.369 e. The lowest BCUT2D eigenvalue weighted by atomic mass is 10.0. The molecule has 0 radical (unpaired) electrons. The van der Waals surface area contributed by atoms with E-state index in [4.69, 9.17) is 0 Å². The highest BCUT2D eigenvalue weighted by Gasteiger charge is 2.20. The summed E-state index contributed by atoms with van der Waals surface area (Å²) >= 11 is 0. The summed E-state index contributed by atoms with van der Waals surface area (Å²) in [5, 5.41) is 3.49. The van der Waals surface area contributed by atoms with Crippen LogP contribution < -0.4 is 10.2 Å². The zero-order chi connectivity index (χ0) is 16.9. The molecular formula is C19H25FN4. The molecule has 1 aliphatic heterocycles. The van der Waals surface area contributed by atoms with Gasteiger partial charge in [0.05, 0.1) is 0 Å². The quantitative estimate of drug-likeness (QED) is 0.914. The fourth-order valence-corrected chi connectivity index (χ4v) is 3.09. The Morgan fingerprint density at radius 1 is 1.21 bits per heavy atom. The van der Waals surface area contributed by atoms with Crippen molar-refractivity contribution in [2.24, 2.45) is 0 Å². The molecule has 0 aliphatic carbocycles. The number of hydrogen-bond acceptors (Lipinski definition) is 4. The van der Waals surface area contributed by atoms with Gasteiger partial charge in [-0.2, -0.15) is 0 Å². The Labute approximate surface area is 143 Å². The summed E-state index contributed by atoms with van der Waals surface area (Å²) in [5.74, 6) is -0.182. The van der Waals surface area contributed by atoms with E-state index in [-0.39, 0.29) is 11.9 Å². The van der Waals surface area contributed by atoms with Crippen molar-refractivity contribution in [3.63, 3.8) is 0 Å². The largest absolute Gasteiger partial charge is 0.369 e. The van der Waals surface area contributed by atoms with E-state index in [1.165, 1.54) is 0 Å². The zero-order valence-corrected chi connectivity index (χ0v) is 14.4. The van der Waals surface area contributed by atoms with E-state index in [9.17, 15) is 4.39 Å². The lowest BCUT2D eigenvalue weighted by Crippen LogP contribution is -2.45. The molecule has 1 fully saturated rings. The van der Waals surface area contributed by atoms with E-state index < -0.39 is 0 Å². The van der Waals surface area contributed by atoms with Crippen molar-refractivity contribution in [2.75, 3.05) is 38.1 Å². The molecule has 1 aliphatic rings. The lowest BCUT2D eigenvalue weighted by Gasteiger charge is -2.36. The summed E-state index contributed by atoms with van der Waals surface area (Å²) in [4.78, 5) is 8.82. The van der Waals surface area contributed by atoms with Crippen LogP contribution in [0.2, 0.25) is 0 Å². The maximum absolute atomic E-state index is 13.8. The number of nitrogens with zero attached hydrogens (tertiary/aromatic N) is 3. The average Bonchev–Trinajstić information content (AvgIpc) is 2.61. The number of benzene rings is 1. The third-order valence-electron chi connectivity index (χ3n) is 4.64. The van der Waals surface area contributed by atoms with Crippen molar-refractivity contribution in [2.45, 2.75) is 19.5 Å². The van der Waals surface area contributed by atoms with Gasteiger partial charge in [-0.15, -0.1) is 0 Å². The molecule has 1 aromatic carbocycles. The zero-order valence-electron chi connectivity index (χ0n) is 14.4. The molecule has 4 nitrogen and oxygen atoms in total. The van der Waals surface area contributed by atoms with Crippen molar-refractivity contribution >= 4 is 5.69 Å². The van der Waals surface area contributed by atoms with E-state index in [2.05, 4.69) is 34.1 Å². The molecule has 1 N–H and O–H groups in total. The number of piperazine rings is 1. The van der Waals surface area contributed by atoms with Gasteiger partial charge in [0, 0.05) is 56.8 Å². The van der Waals surface area contributed by atoms with Crippen LogP contribution in [0, 0.1) is 5.82 Å². The molecule has 24 heavy (non-hydrogen) atoms. The molecule has 0 spiro atoms. The Morgan fingerprint density at radius 2 is 2.00 bits per heavy atom. The normalized spacial score (nSPS) is 17.0. The van der Waals surface area contributed by atoms with Gasteiger partial charge in [-0.1, -0.05) is 6.07 Å². The summed E-state index contributed by atoms with van der Waals surface area (Å²) in [6.45, 7) is 6.83. The van der Waals surface area contributed by atoms with Gasteiger partial charge in [0.15, 0.2) is 0 Å².